The maximum atomic E-state index is 13.4. The van der Waals surface area contributed by atoms with Crippen molar-refractivity contribution >= 4 is 26.7 Å². The predicted molar refractivity (Wildman–Crippen MR) is 105 cm³/mol. The summed E-state index contributed by atoms with van der Waals surface area (Å²) in [6, 6.07) is 15.4. The molecule has 0 atom stereocenters. The number of halogens is 2. The van der Waals surface area contributed by atoms with Crippen molar-refractivity contribution in [1.82, 2.24) is 9.21 Å². The quantitative estimate of drug-likeness (QED) is 0.659. The molecule has 1 fully saturated rings. The summed E-state index contributed by atoms with van der Waals surface area (Å²) in [7, 11) is -4.03. The van der Waals surface area contributed by atoms with Gasteiger partial charge in [0.15, 0.2) is 0 Å². The largest absolute Gasteiger partial charge is 0.336 e. The van der Waals surface area contributed by atoms with Gasteiger partial charge in [0, 0.05) is 37.8 Å². The zero-order valence-corrected chi connectivity index (χ0v) is 16.2. The van der Waals surface area contributed by atoms with Gasteiger partial charge < -0.3 is 4.90 Å². The van der Waals surface area contributed by atoms with E-state index in [1.54, 1.807) is 11.0 Å². The minimum Gasteiger partial charge on any atom is -0.336 e. The third-order valence-electron chi connectivity index (χ3n) is 5.00. The number of hydrogen-bond donors (Lipinski definition) is 0. The molecule has 0 N–H and O–H groups in total. The molecular weight excluding hydrogens is 398 g/mol. The first-order chi connectivity index (χ1) is 13.8. The Bertz CT molecular complexity index is 1170. The zero-order chi connectivity index (χ0) is 20.6. The van der Waals surface area contributed by atoms with Gasteiger partial charge in [-0.05, 0) is 35.0 Å². The van der Waals surface area contributed by atoms with Crippen molar-refractivity contribution in [3.05, 3.63) is 77.9 Å². The van der Waals surface area contributed by atoms with Crippen LogP contribution >= 0.6 is 0 Å². The Morgan fingerprint density at radius 2 is 1.41 bits per heavy atom. The molecule has 0 unspecified atom stereocenters. The zero-order valence-electron chi connectivity index (χ0n) is 15.4. The first-order valence-corrected chi connectivity index (χ1v) is 10.5. The Hall–Kier alpha value is -2.84. The molecule has 0 radical (unpaired) electrons. The van der Waals surface area contributed by atoms with E-state index in [1.165, 1.54) is 0 Å². The maximum absolute atomic E-state index is 13.4. The average Bonchev–Trinajstić information content (AvgIpc) is 2.72. The highest BCUT2D eigenvalue weighted by Crippen LogP contribution is 2.22. The Labute approximate surface area is 167 Å². The van der Waals surface area contributed by atoms with Gasteiger partial charge >= 0.3 is 0 Å². The molecule has 0 aromatic heterocycles. The maximum Gasteiger partial charge on any atom is 0.253 e. The van der Waals surface area contributed by atoms with E-state index in [2.05, 4.69) is 0 Å². The summed E-state index contributed by atoms with van der Waals surface area (Å²) in [5.41, 5.74) is 0.534. The Morgan fingerprint density at radius 3 is 2.07 bits per heavy atom. The smallest absolute Gasteiger partial charge is 0.253 e. The number of sulfonamides is 1. The normalized spacial score (nSPS) is 15.6. The van der Waals surface area contributed by atoms with Gasteiger partial charge in [0.05, 0.1) is 4.90 Å². The minimum absolute atomic E-state index is 0.0553. The van der Waals surface area contributed by atoms with Gasteiger partial charge in [-0.15, -0.1) is 0 Å². The summed E-state index contributed by atoms with van der Waals surface area (Å²) in [5, 5.41) is 1.98. The molecule has 8 heteroatoms. The number of carbonyl (C=O) groups is 1. The number of carbonyl (C=O) groups excluding carboxylic acids is 1. The predicted octanol–water partition coefficient (Wildman–Crippen LogP) is 3.26. The molecule has 1 saturated heterocycles. The number of amides is 1. The number of benzene rings is 3. The highest BCUT2D eigenvalue weighted by molar-refractivity contribution is 7.89. The van der Waals surface area contributed by atoms with Gasteiger partial charge in [0.1, 0.15) is 11.6 Å². The molecule has 5 nitrogen and oxygen atoms in total. The molecule has 0 bridgehead atoms. The molecule has 3 aromatic carbocycles. The van der Waals surface area contributed by atoms with Crippen molar-refractivity contribution in [2.24, 2.45) is 0 Å². The minimum atomic E-state index is -4.03. The van der Waals surface area contributed by atoms with E-state index in [0.29, 0.717) is 11.6 Å². The van der Waals surface area contributed by atoms with Gasteiger partial charge in [0.25, 0.3) is 5.91 Å². The molecule has 1 amide bonds. The second-order valence-electron chi connectivity index (χ2n) is 6.86. The molecule has 3 aromatic rings. The van der Waals surface area contributed by atoms with Crippen LogP contribution < -0.4 is 0 Å². The summed E-state index contributed by atoms with van der Waals surface area (Å²) in [5.74, 6) is -2.08. The lowest BCUT2D eigenvalue weighted by Crippen LogP contribution is -2.50. The molecule has 150 valence electrons. The number of hydrogen-bond acceptors (Lipinski definition) is 3. The third kappa shape index (κ3) is 3.86. The van der Waals surface area contributed by atoms with Crippen LogP contribution in [0.5, 0.6) is 0 Å². The van der Waals surface area contributed by atoms with Crippen LogP contribution in [0.3, 0.4) is 0 Å². The standard InChI is InChI=1S/C21H18F2N2O3S/c22-18-12-19(23)14-20(13-18)29(27,28)25-9-7-24(8-10-25)21(26)17-6-5-15-3-1-2-4-16(15)11-17/h1-6,11-14H,7-10H2. The van der Waals surface area contributed by atoms with E-state index in [4.69, 9.17) is 0 Å². The SMILES string of the molecule is O=C(c1ccc2ccccc2c1)N1CCN(S(=O)(=O)c2cc(F)cc(F)c2)CC1. The molecule has 0 saturated carbocycles. The molecular formula is C21H18F2N2O3S. The van der Waals surface area contributed by atoms with E-state index in [9.17, 15) is 22.0 Å². The van der Waals surface area contributed by atoms with Gasteiger partial charge in [-0.3, -0.25) is 4.79 Å². The van der Waals surface area contributed by atoms with Crippen LogP contribution in [-0.4, -0.2) is 49.7 Å². The summed E-state index contributed by atoms with van der Waals surface area (Å²) < 4.78 is 53.3. The van der Waals surface area contributed by atoms with Crippen LogP contribution in [0.2, 0.25) is 0 Å². The Morgan fingerprint density at radius 1 is 0.793 bits per heavy atom. The lowest BCUT2D eigenvalue weighted by Gasteiger charge is -2.34. The molecule has 4 rings (SSSR count). The molecule has 1 aliphatic heterocycles. The van der Waals surface area contributed by atoms with Crippen LogP contribution in [0, 0.1) is 11.6 Å². The van der Waals surface area contributed by atoms with Crippen molar-refractivity contribution in [3.63, 3.8) is 0 Å². The van der Waals surface area contributed by atoms with E-state index < -0.39 is 26.6 Å². The van der Waals surface area contributed by atoms with E-state index in [0.717, 1.165) is 27.2 Å². The van der Waals surface area contributed by atoms with E-state index >= 15 is 0 Å². The molecule has 0 spiro atoms. The van der Waals surface area contributed by atoms with Crippen molar-refractivity contribution in [1.29, 1.82) is 0 Å². The summed E-state index contributed by atoms with van der Waals surface area (Å²) in [6.45, 7) is 0.505. The fourth-order valence-electron chi connectivity index (χ4n) is 3.46. The summed E-state index contributed by atoms with van der Waals surface area (Å²) >= 11 is 0. The van der Waals surface area contributed by atoms with Crippen molar-refractivity contribution < 1.29 is 22.0 Å². The monoisotopic (exact) mass is 416 g/mol. The Kier molecular flexibility index (Phi) is 5.06. The average molecular weight is 416 g/mol. The number of rotatable bonds is 3. The first-order valence-electron chi connectivity index (χ1n) is 9.09. The summed E-state index contributed by atoms with van der Waals surface area (Å²) in [4.78, 5) is 14.0. The van der Waals surface area contributed by atoms with Gasteiger partial charge in [-0.2, -0.15) is 4.31 Å². The van der Waals surface area contributed by atoms with Crippen LogP contribution in [0.15, 0.2) is 65.6 Å². The van der Waals surface area contributed by atoms with E-state index in [-0.39, 0.29) is 32.1 Å². The topological polar surface area (TPSA) is 57.7 Å². The number of fused-ring (bicyclic) bond motifs is 1. The lowest BCUT2D eigenvalue weighted by atomic mass is 10.1. The van der Waals surface area contributed by atoms with Crippen molar-refractivity contribution in [2.75, 3.05) is 26.2 Å². The summed E-state index contributed by atoms with van der Waals surface area (Å²) in [6.07, 6.45) is 0. The molecule has 1 heterocycles. The highest BCUT2D eigenvalue weighted by atomic mass is 32.2. The van der Waals surface area contributed by atoms with Crippen LogP contribution in [-0.2, 0) is 10.0 Å². The molecule has 29 heavy (non-hydrogen) atoms. The van der Waals surface area contributed by atoms with Crippen LogP contribution in [0.4, 0.5) is 8.78 Å². The first kappa shape index (κ1) is 19.5. The molecule has 1 aliphatic rings. The second-order valence-corrected chi connectivity index (χ2v) is 8.80. The van der Waals surface area contributed by atoms with Gasteiger partial charge in [-0.1, -0.05) is 30.3 Å². The number of piperazine rings is 1. The second kappa shape index (κ2) is 7.53. The fourth-order valence-corrected chi connectivity index (χ4v) is 4.93. The highest BCUT2D eigenvalue weighted by Gasteiger charge is 2.31. The third-order valence-corrected chi connectivity index (χ3v) is 6.87. The van der Waals surface area contributed by atoms with E-state index in [1.807, 2.05) is 36.4 Å². The van der Waals surface area contributed by atoms with Crippen molar-refractivity contribution in [3.8, 4) is 0 Å². The lowest BCUT2D eigenvalue weighted by molar-refractivity contribution is 0.0698. The van der Waals surface area contributed by atoms with Gasteiger partial charge in [-0.25, -0.2) is 17.2 Å². The molecule has 0 aliphatic carbocycles. The van der Waals surface area contributed by atoms with Crippen LogP contribution in [0.1, 0.15) is 10.4 Å². The fraction of sp³-hybridized carbons (Fsp3) is 0.190. The Balaban J connectivity index is 1.49. The van der Waals surface area contributed by atoms with Crippen LogP contribution in [0.25, 0.3) is 10.8 Å². The van der Waals surface area contributed by atoms with Gasteiger partial charge in [0.2, 0.25) is 10.0 Å². The number of nitrogens with zero attached hydrogens (tertiary/aromatic N) is 2. The van der Waals surface area contributed by atoms with Crippen molar-refractivity contribution in [2.45, 2.75) is 4.90 Å².